The van der Waals surface area contributed by atoms with Gasteiger partial charge in [0.15, 0.2) is 0 Å². The first kappa shape index (κ1) is 29.9. The van der Waals surface area contributed by atoms with Crippen LogP contribution in [-0.4, -0.2) is 53.8 Å². The molecule has 1 amide bonds. The van der Waals surface area contributed by atoms with Gasteiger partial charge in [0.25, 0.3) is 10.0 Å². The van der Waals surface area contributed by atoms with Crippen molar-refractivity contribution in [3.63, 3.8) is 0 Å². The first-order chi connectivity index (χ1) is 18.9. The number of hydrogen-bond donors (Lipinski definition) is 1. The summed E-state index contributed by atoms with van der Waals surface area (Å²) in [5.74, 6) is -0.463. The van der Waals surface area contributed by atoms with Crippen LogP contribution in [0.5, 0.6) is 5.75 Å². The number of nitrogens with zero attached hydrogens (tertiary/aromatic N) is 2. The van der Waals surface area contributed by atoms with Crippen molar-refractivity contribution in [2.75, 3.05) is 36.4 Å². The Hall–Kier alpha value is -3.12. The number of carbonyl (C=O) groups excluding carboxylic acids is 1. The van der Waals surface area contributed by atoms with Gasteiger partial charge in [0.2, 0.25) is 15.9 Å². The van der Waals surface area contributed by atoms with E-state index < -0.39 is 32.5 Å². The molecule has 0 saturated carbocycles. The number of methoxy groups -OCH3 is 1. The normalized spacial score (nSPS) is 14.5. The summed E-state index contributed by atoms with van der Waals surface area (Å²) in [6.45, 7) is 3.90. The highest BCUT2D eigenvalue weighted by Crippen LogP contribution is 2.31. The van der Waals surface area contributed by atoms with Crippen molar-refractivity contribution in [1.29, 1.82) is 0 Å². The molecule has 214 valence electrons. The Labute approximate surface area is 240 Å². The van der Waals surface area contributed by atoms with E-state index in [0.29, 0.717) is 18.1 Å². The second-order valence-electron chi connectivity index (χ2n) is 9.63. The van der Waals surface area contributed by atoms with E-state index in [4.69, 9.17) is 16.3 Å². The molecular formula is C28H32ClN3O6S2. The fraction of sp³-hybridized carbons (Fsp3) is 0.321. The monoisotopic (exact) mass is 605 g/mol. The molecule has 0 aromatic heterocycles. The maximum Gasteiger partial charge on any atom is 0.264 e. The molecule has 0 radical (unpaired) electrons. The average Bonchev–Trinajstić information content (AvgIpc) is 2.94. The number of rotatable bonds is 9. The Morgan fingerprint density at radius 3 is 2.20 bits per heavy atom. The van der Waals surface area contributed by atoms with Gasteiger partial charge >= 0.3 is 0 Å². The number of ether oxygens (including phenoxy) is 1. The fourth-order valence-corrected chi connectivity index (χ4v) is 7.54. The summed E-state index contributed by atoms with van der Waals surface area (Å²) < 4.78 is 61.6. The third-order valence-corrected chi connectivity index (χ3v) is 10.8. The van der Waals surface area contributed by atoms with E-state index in [1.165, 1.54) is 47.8 Å². The lowest BCUT2D eigenvalue weighted by Crippen LogP contribution is -2.38. The highest BCUT2D eigenvalue weighted by atomic mass is 35.5. The topological polar surface area (TPSA) is 113 Å². The molecule has 40 heavy (non-hydrogen) atoms. The molecule has 9 nitrogen and oxygen atoms in total. The average molecular weight is 606 g/mol. The summed E-state index contributed by atoms with van der Waals surface area (Å²) in [5, 5.41) is 3.00. The van der Waals surface area contributed by atoms with Gasteiger partial charge in [-0.1, -0.05) is 41.8 Å². The summed E-state index contributed by atoms with van der Waals surface area (Å²) in [7, 11) is -6.55. The zero-order chi connectivity index (χ0) is 29.1. The van der Waals surface area contributed by atoms with Gasteiger partial charge in [0.1, 0.15) is 12.3 Å². The van der Waals surface area contributed by atoms with Crippen LogP contribution in [0.4, 0.5) is 11.4 Å². The number of nitrogens with one attached hydrogen (secondary N) is 1. The summed E-state index contributed by atoms with van der Waals surface area (Å²) >= 11 is 6.31. The Morgan fingerprint density at radius 2 is 1.57 bits per heavy atom. The van der Waals surface area contributed by atoms with Crippen LogP contribution in [0.25, 0.3) is 0 Å². The number of sulfonamides is 2. The summed E-state index contributed by atoms with van der Waals surface area (Å²) in [6.07, 6.45) is 2.55. The van der Waals surface area contributed by atoms with Crippen molar-refractivity contribution in [2.24, 2.45) is 0 Å². The lowest BCUT2D eigenvalue weighted by molar-refractivity contribution is -0.114. The van der Waals surface area contributed by atoms with Crippen molar-refractivity contribution in [3.05, 3.63) is 76.8 Å². The second-order valence-corrected chi connectivity index (χ2v) is 13.8. The highest BCUT2D eigenvalue weighted by molar-refractivity contribution is 7.92. The maximum atomic E-state index is 13.7. The first-order valence-electron chi connectivity index (χ1n) is 12.8. The molecule has 1 saturated heterocycles. The Balaban J connectivity index is 1.67. The van der Waals surface area contributed by atoms with E-state index in [9.17, 15) is 21.6 Å². The molecule has 0 unspecified atom stereocenters. The van der Waals surface area contributed by atoms with Crippen molar-refractivity contribution in [3.8, 4) is 5.75 Å². The van der Waals surface area contributed by atoms with Crippen molar-refractivity contribution >= 4 is 48.9 Å². The fourth-order valence-electron chi connectivity index (χ4n) is 4.41. The summed E-state index contributed by atoms with van der Waals surface area (Å²) in [6, 6.07) is 15.3. The number of aryl methyl sites for hydroxylation is 2. The molecule has 1 fully saturated rings. The van der Waals surface area contributed by atoms with Gasteiger partial charge in [0, 0.05) is 18.1 Å². The van der Waals surface area contributed by atoms with Gasteiger partial charge in [-0.2, -0.15) is 4.31 Å². The predicted octanol–water partition coefficient (Wildman–Crippen LogP) is 4.97. The Kier molecular flexibility index (Phi) is 9.09. The zero-order valence-electron chi connectivity index (χ0n) is 22.6. The van der Waals surface area contributed by atoms with Gasteiger partial charge < -0.3 is 10.1 Å². The van der Waals surface area contributed by atoms with Crippen LogP contribution in [0, 0.1) is 13.8 Å². The minimum atomic E-state index is -4.17. The smallest absolute Gasteiger partial charge is 0.264 e. The largest absolute Gasteiger partial charge is 0.495 e. The number of hydrogen-bond acceptors (Lipinski definition) is 6. The van der Waals surface area contributed by atoms with Gasteiger partial charge in [-0.15, -0.1) is 0 Å². The third-order valence-electron chi connectivity index (χ3n) is 6.74. The first-order valence-corrected chi connectivity index (χ1v) is 16.0. The van der Waals surface area contributed by atoms with Crippen LogP contribution in [-0.2, 0) is 24.8 Å². The van der Waals surface area contributed by atoms with Gasteiger partial charge in [0.05, 0.1) is 28.3 Å². The zero-order valence-corrected chi connectivity index (χ0v) is 24.9. The van der Waals surface area contributed by atoms with E-state index in [-0.39, 0.29) is 26.9 Å². The minimum absolute atomic E-state index is 0.00907. The van der Waals surface area contributed by atoms with Crippen LogP contribution in [0.3, 0.4) is 0 Å². The van der Waals surface area contributed by atoms with Crippen molar-refractivity contribution in [2.45, 2.75) is 42.9 Å². The van der Waals surface area contributed by atoms with Crippen LogP contribution < -0.4 is 14.4 Å². The molecule has 1 heterocycles. The number of carbonyl (C=O) groups is 1. The molecule has 4 rings (SSSR count). The van der Waals surface area contributed by atoms with Crippen LogP contribution >= 0.6 is 11.6 Å². The number of piperidine rings is 1. The van der Waals surface area contributed by atoms with E-state index in [0.717, 1.165) is 34.7 Å². The number of anilines is 2. The highest BCUT2D eigenvalue weighted by Gasteiger charge is 2.29. The summed E-state index contributed by atoms with van der Waals surface area (Å²) in [4.78, 5) is 13.4. The van der Waals surface area contributed by atoms with E-state index >= 15 is 0 Å². The molecule has 1 N–H and O–H groups in total. The molecule has 12 heteroatoms. The number of halogens is 1. The maximum absolute atomic E-state index is 13.7. The molecule has 0 spiro atoms. The standard InChI is InChI=1S/C28H32ClN3O6S2/c1-20-7-11-23(12-8-20)40(36,37)32(22-10-9-21(2)25(29)17-22)19-28(33)30-26-18-24(13-14-27(26)38-3)39(34,35)31-15-5-4-6-16-31/h7-14,17-18H,4-6,15-16,19H2,1-3H3,(H,30,33). The van der Waals surface area contributed by atoms with Gasteiger partial charge in [-0.25, -0.2) is 16.8 Å². The predicted molar refractivity (Wildman–Crippen MR) is 156 cm³/mol. The molecule has 3 aromatic rings. The van der Waals surface area contributed by atoms with E-state index in [1.807, 2.05) is 6.92 Å². The minimum Gasteiger partial charge on any atom is -0.495 e. The molecule has 0 aliphatic carbocycles. The lowest BCUT2D eigenvalue weighted by Gasteiger charge is -2.26. The Bertz CT molecular complexity index is 1600. The van der Waals surface area contributed by atoms with Crippen LogP contribution in [0.2, 0.25) is 5.02 Å². The molecule has 1 aliphatic heterocycles. The van der Waals surface area contributed by atoms with Crippen LogP contribution in [0.1, 0.15) is 30.4 Å². The number of amides is 1. The van der Waals surface area contributed by atoms with Gasteiger partial charge in [-0.05, 0) is 74.7 Å². The summed E-state index contributed by atoms with van der Waals surface area (Å²) in [5.41, 5.74) is 1.95. The van der Waals surface area contributed by atoms with E-state index in [2.05, 4.69) is 5.32 Å². The SMILES string of the molecule is COc1ccc(S(=O)(=O)N2CCCCC2)cc1NC(=O)CN(c1ccc(C)c(Cl)c1)S(=O)(=O)c1ccc(C)cc1. The lowest BCUT2D eigenvalue weighted by atomic mass is 10.2. The van der Waals surface area contributed by atoms with E-state index in [1.54, 1.807) is 31.2 Å². The second kappa shape index (κ2) is 12.2. The molecule has 1 aliphatic rings. The van der Waals surface area contributed by atoms with Crippen LogP contribution in [0.15, 0.2) is 70.5 Å². The van der Waals surface area contributed by atoms with Crippen molar-refractivity contribution in [1.82, 2.24) is 4.31 Å². The van der Waals surface area contributed by atoms with Gasteiger partial charge in [-0.3, -0.25) is 9.10 Å². The van der Waals surface area contributed by atoms with Crippen molar-refractivity contribution < 1.29 is 26.4 Å². The molecule has 3 aromatic carbocycles. The third kappa shape index (κ3) is 6.43. The molecule has 0 atom stereocenters. The Morgan fingerprint density at radius 1 is 0.925 bits per heavy atom. The molecule has 0 bridgehead atoms. The molecular weight excluding hydrogens is 574 g/mol. The quantitative estimate of drug-likeness (QED) is 0.368. The number of benzene rings is 3.